The molecule has 1 heterocycles. The maximum absolute atomic E-state index is 11.7. The molecule has 0 unspecified atom stereocenters. The zero-order valence-electron chi connectivity index (χ0n) is 12.7. The van der Waals surface area contributed by atoms with E-state index in [2.05, 4.69) is 41.4 Å². The highest BCUT2D eigenvalue weighted by Crippen LogP contribution is 2.17. The second-order valence-electron chi connectivity index (χ2n) is 5.85. The fourth-order valence-corrected chi connectivity index (χ4v) is 2.54. The van der Waals surface area contributed by atoms with Crippen LogP contribution < -0.4 is 5.32 Å². The van der Waals surface area contributed by atoms with Crippen LogP contribution in [-0.2, 0) is 4.79 Å². The van der Waals surface area contributed by atoms with Gasteiger partial charge in [-0.05, 0) is 37.5 Å². The molecule has 1 aromatic rings. The van der Waals surface area contributed by atoms with Gasteiger partial charge in [-0.3, -0.25) is 9.69 Å². The Bertz CT molecular complexity index is 451. The van der Waals surface area contributed by atoms with E-state index < -0.39 is 0 Å². The van der Waals surface area contributed by atoms with E-state index in [1.807, 2.05) is 14.1 Å². The molecule has 0 atom stereocenters. The van der Waals surface area contributed by atoms with Crippen LogP contribution in [0.1, 0.15) is 18.4 Å². The molecule has 0 spiro atoms. The minimum atomic E-state index is 0.190. The van der Waals surface area contributed by atoms with Crippen molar-refractivity contribution in [3.63, 3.8) is 0 Å². The number of aryl methyl sites for hydroxylation is 1. The summed E-state index contributed by atoms with van der Waals surface area (Å²) in [5.74, 6) is 0.190. The van der Waals surface area contributed by atoms with Crippen molar-refractivity contribution >= 4 is 11.6 Å². The number of nitrogens with zero attached hydrogens (tertiary/aromatic N) is 2. The van der Waals surface area contributed by atoms with Gasteiger partial charge in [0.05, 0.1) is 6.54 Å². The van der Waals surface area contributed by atoms with Gasteiger partial charge in [0, 0.05) is 38.9 Å². The number of benzene rings is 1. The third kappa shape index (κ3) is 4.23. The predicted molar refractivity (Wildman–Crippen MR) is 83.0 cm³/mol. The first kappa shape index (κ1) is 14.9. The van der Waals surface area contributed by atoms with Crippen molar-refractivity contribution in [3.8, 4) is 0 Å². The SMILES string of the molecule is Cc1cccc(NC2CCN(CC(=O)N(C)C)CC2)c1. The maximum Gasteiger partial charge on any atom is 0.236 e. The average Bonchev–Trinajstić information content (AvgIpc) is 2.41. The van der Waals surface area contributed by atoms with Gasteiger partial charge in [-0.15, -0.1) is 0 Å². The predicted octanol–water partition coefficient (Wildman–Crippen LogP) is 1.96. The van der Waals surface area contributed by atoms with E-state index in [0.717, 1.165) is 25.9 Å². The number of hydrogen-bond donors (Lipinski definition) is 1. The monoisotopic (exact) mass is 275 g/mol. The third-order valence-electron chi connectivity index (χ3n) is 3.83. The number of piperidine rings is 1. The number of rotatable bonds is 4. The molecule has 1 saturated heterocycles. The zero-order valence-corrected chi connectivity index (χ0v) is 12.7. The minimum Gasteiger partial charge on any atom is -0.382 e. The van der Waals surface area contributed by atoms with Crippen molar-refractivity contribution in [2.45, 2.75) is 25.8 Å². The molecular weight excluding hydrogens is 250 g/mol. The van der Waals surface area contributed by atoms with E-state index in [-0.39, 0.29) is 5.91 Å². The van der Waals surface area contributed by atoms with Crippen molar-refractivity contribution in [1.82, 2.24) is 9.80 Å². The van der Waals surface area contributed by atoms with E-state index in [1.54, 1.807) is 4.90 Å². The molecule has 0 bridgehead atoms. The van der Waals surface area contributed by atoms with Crippen LogP contribution in [0.2, 0.25) is 0 Å². The van der Waals surface area contributed by atoms with Crippen molar-refractivity contribution in [3.05, 3.63) is 29.8 Å². The van der Waals surface area contributed by atoms with Gasteiger partial charge in [-0.25, -0.2) is 0 Å². The Morgan fingerprint density at radius 3 is 2.65 bits per heavy atom. The van der Waals surface area contributed by atoms with Crippen LogP contribution in [0.25, 0.3) is 0 Å². The second-order valence-corrected chi connectivity index (χ2v) is 5.85. The summed E-state index contributed by atoms with van der Waals surface area (Å²) < 4.78 is 0. The molecule has 1 fully saturated rings. The number of hydrogen-bond acceptors (Lipinski definition) is 3. The van der Waals surface area contributed by atoms with E-state index >= 15 is 0 Å². The molecule has 4 heteroatoms. The lowest BCUT2D eigenvalue weighted by molar-refractivity contribution is -0.130. The number of likely N-dealkylation sites (tertiary alicyclic amines) is 1. The summed E-state index contributed by atoms with van der Waals surface area (Å²) in [4.78, 5) is 15.6. The van der Waals surface area contributed by atoms with Crippen molar-refractivity contribution in [1.29, 1.82) is 0 Å². The summed E-state index contributed by atoms with van der Waals surface area (Å²) in [6, 6.07) is 9.02. The van der Waals surface area contributed by atoms with Crippen LogP contribution in [0, 0.1) is 6.92 Å². The Hall–Kier alpha value is -1.55. The molecule has 4 nitrogen and oxygen atoms in total. The topological polar surface area (TPSA) is 35.6 Å². The molecule has 2 rings (SSSR count). The first-order valence-corrected chi connectivity index (χ1v) is 7.30. The molecule has 1 aliphatic rings. The van der Waals surface area contributed by atoms with Crippen LogP contribution in [0.4, 0.5) is 5.69 Å². The van der Waals surface area contributed by atoms with E-state index in [1.165, 1.54) is 11.3 Å². The van der Waals surface area contributed by atoms with Crippen LogP contribution in [0.5, 0.6) is 0 Å². The second kappa shape index (κ2) is 6.75. The minimum absolute atomic E-state index is 0.190. The summed E-state index contributed by atoms with van der Waals surface area (Å²) in [6.45, 7) is 4.64. The lowest BCUT2D eigenvalue weighted by Gasteiger charge is -2.33. The van der Waals surface area contributed by atoms with Crippen LogP contribution in [0.3, 0.4) is 0 Å². The van der Waals surface area contributed by atoms with Gasteiger partial charge < -0.3 is 10.2 Å². The van der Waals surface area contributed by atoms with E-state index in [4.69, 9.17) is 0 Å². The Balaban J connectivity index is 1.78. The first-order valence-electron chi connectivity index (χ1n) is 7.30. The summed E-state index contributed by atoms with van der Waals surface area (Å²) >= 11 is 0. The number of anilines is 1. The number of likely N-dealkylation sites (N-methyl/N-ethyl adjacent to an activating group) is 1. The molecule has 0 aromatic heterocycles. The standard InChI is InChI=1S/C16H25N3O/c1-13-5-4-6-15(11-13)17-14-7-9-19(10-8-14)12-16(20)18(2)3/h4-6,11,14,17H,7-10,12H2,1-3H3. The zero-order chi connectivity index (χ0) is 14.5. The van der Waals surface area contributed by atoms with Gasteiger partial charge >= 0.3 is 0 Å². The maximum atomic E-state index is 11.7. The lowest BCUT2D eigenvalue weighted by Crippen LogP contribution is -2.43. The lowest BCUT2D eigenvalue weighted by atomic mass is 10.0. The molecule has 110 valence electrons. The molecular formula is C16H25N3O. The third-order valence-corrected chi connectivity index (χ3v) is 3.83. The van der Waals surface area contributed by atoms with Gasteiger partial charge in [0.2, 0.25) is 5.91 Å². The van der Waals surface area contributed by atoms with Crippen LogP contribution in [-0.4, -0.2) is 55.5 Å². The van der Waals surface area contributed by atoms with Crippen LogP contribution >= 0.6 is 0 Å². The number of nitrogens with one attached hydrogen (secondary N) is 1. The van der Waals surface area contributed by atoms with Crippen molar-refractivity contribution < 1.29 is 4.79 Å². The Morgan fingerprint density at radius 2 is 2.05 bits per heavy atom. The van der Waals surface area contributed by atoms with Crippen molar-refractivity contribution in [2.24, 2.45) is 0 Å². The number of carbonyl (C=O) groups is 1. The van der Waals surface area contributed by atoms with Gasteiger partial charge in [0.25, 0.3) is 0 Å². The smallest absolute Gasteiger partial charge is 0.236 e. The van der Waals surface area contributed by atoms with Gasteiger partial charge in [0.15, 0.2) is 0 Å². The molecule has 0 aliphatic carbocycles. The highest BCUT2D eigenvalue weighted by Gasteiger charge is 2.21. The molecule has 1 amide bonds. The normalized spacial score (nSPS) is 16.9. The molecule has 0 radical (unpaired) electrons. The van der Waals surface area contributed by atoms with E-state index in [9.17, 15) is 4.79 Å². The summed E-state index contributed by atoms with van der Waals surface area (Å²) in [5.41, 5.74) is 2.48. The Kier molecular flexibility index (Phi) is 5.01. The summed E-state index contributed by atoms with van der Waals surface area (Å²) in [5, 5.41) is 3.60. The fraction of sp³-hybridized carbons (Fsp3) is 0.562. The largest absolute Gasteiger partial charge is 0.382 e. The summed E-state index contributed by atoms with van der Waals surface area (Å²) in [7, 11) is 3.63. The fourth-order valence-electron chi connectivity index (χ4n) is 2.54. The van der Waals surface area contributed by atoms with Gasteiger partial charge in [0.1, 0.15) is 0 Å². The highest BCUT2D eigenvalue weighted by atomic mass is 16.2. The average molecular weight is 275 g/mol. The van der Waals surface area contributed by atoms with Crippen LogP contribution in [0.15, 0.2) is 24.3 Å². The highest BCUT2D eigenvalue weighted by molar-refractivity contribution is 5.77. The summed E-state index contributed by atoms with van der Waals surface area (Å²) in [6.07, 6.45) is 2.18. The van der Waals surface area contributed by atoms with Crippen molar-refractivity contribution in [2.75, 3.05) is 39.0 Å². The number of carbonyl (C=O) groups excluding carboxylic acids is 1. The molecule has 0 saturated carbocycles. The van der Waals surface area contributed by atoms with E-state index in [0.29, 0.717) is 12.6 Å². The van der Waals surface area contributed by atoms with Gasteiger partial charge in [-0.2, -0.15) is 0 Å². The molecule has 1 aliphatic heterocycles. The Morgan fingerprint density at radius 1 is 1.35 bits per heavy atom. The van der Waals surface area contributed by atoms with Gasteiger partial charge in [-0.1, -0.05) is 12.1 Å². The quantitative estimate of drug-likeness (QED) is 0.912. The number of amides is 1. The molecule has 1 N–H and O–H groups in total. The molecule has 1 aromatic carbocycles. The molecule has 20 heavy (non-hydrogen) atoms. The Labute approximate surface area is 121 Å². The first-order chi connectivity index (χ1) is 9.54.